The van der Waals surface area contributed by atoms with Crippen molar-refractivity contribution >= 4 is 29.4 Å². The molecular formula is C29H31ClFN5O5. The van der Waals surface area contributed by atoms with Crippen LogP contribution < -0.4 is 15.4 Å². The summed E-state index contributed by atoms with van der Waals surface area (Å²) in [6.07, 6.45) is 3.24. The number of ether oxygens (including phenoxy) is 2. The molecule has 3 N–H and O–H groups in total. The molecule has 12 heteroatoms. The van der Waals surface area contributed by atoms with Gasteiger partial charge in [-0.2, -0.15) is 0 Å². The molecule has 2 aromatic carbocycles. The summed E-state index contributed by atoms with van der Waals surface area (Å²) in [6, 6.07) is 7.65. The third-order valence-corrected chi connectivity index (χ3v) is 7.70. The Hall–Kier alpha value is -3.80. The van der Waals surface area contributed by atoms with Crippen molar-refractivity contribution in [2.75, 3.05) is 32.2 Å². The van der Waals surface area contributed by atoms with Crippen LogP contribution in [0.4, 0.5) is 10.3 Å². The van der Waals surface area contributed by atoms with Gasteiger partial charge < -0.3 is 30.1 Å². The second kappa shape index (κ2) is 12.4. The number of halogens is 2. The van der Waals surface area contributed by atoms with Crippen LogP contribution in [0.5, 0.6) is 5.75 Å². The number of carbonyl (C=O) groups is 2. The predicted molar refractivity (Wildman–Crippen MR) is 150 cm³/mol. The molecule has 0 saturated carbocycles. The predicted octanol–water partition coefficient (Wildman–Crippen LogP) is 3.73. The number of methoxy groups -OCH3 is 1. The van der Waals surface area contributed by atoms with Crippen LogP contribution in [0.15, 0.2) is 42.6 Å². The van der Waals surface area contributed by atoms with E-state index in [0.717, 1.165) is 18.4 Å². The number of carbonyl (C=O) groups excluding carboxylic acids is 2. The second-order valence-corrected chi connectivity index (χ2v) is 10.4. The maximum atomic E-state index is 13.9. The third kappa shape index (κ3) is 6.12. The molecule has 216 valence electrons. The van der Waals surface area contributed by atoms with Gasteiger partial charge in [-0.05, 0) is 49.6 Å². The van der Waals surface area contributed by atoms with Crippen molar-refractivity contribution in [2.24, 2.45) is 0 Å². The van der Waals surface area contributed by atoms with Gasteiger partial charge in [0.05, 0.1) is 36.7 Å². The number of nitrogens with zero attached hydrogens (tertiary/aromatic N) is 3. The molecule has 1 aromatic heterocycles. The van der Waals surface area contributed by atoms with Crippen molar-refractivity contribution in [2.45, 2.75) is 44.4 Å². The summed E-state index contributed by atoms with van der Waals surface area (Å²) in [5.74, 6) is -0.579. The smallest absolute Gasteiger partial charge is 0.255 e. The van der Waals surface area contributed by atoms with E-state index in [0.29, 0.717) is 52.3 Å². The van der Waals surface area contributed by atoms with Crippen molar-refractivity contribution in [3.8, 4) is 17.0 Å². The van der Waals surface area contributed by atoms with E-state index in [1.54, 1.807) is 13.0 Å². The van der Waals surface area contributed by atoms with Gasteiger partial charge in [-0.3, -0.25) is 9.59 Å². The first-order valence-electron chi connectivity index (χ1n) is 13.3. The number of amides is 2. The van der Waals surface area contributed by atoms with Gasteiger partial charge in [0, 0.05) is 42.5 Å². The van der Waals surface area contributed by atoms with Crippen molar-refractivity contribution in [1.29, 1.82) is 0 Å². The number of nitrogens with one attached hydrogen (secondary N) is 2. The Balaban J connectivity index is 1.32. The zero-order valence-corrected chi connectivity index (χ0v) is 23.4. The van der Waals surface area contributed by atoms with Crippen LogP contribution in [0.2, 0.25) is 5.02 Å². The van der Waals surface area contributed by atoms with E-state index < -0.39 is 30.4 Å². The van der Waals surface area contributed by atoms with Crippen molar-refractivity contribution < 1.29 is 28.6 Å². The first-order chi connectivity index (χ1) is 19.8. The molecule has 10 nitrogen and oxygen atoms in total. The molecule has 2 unspecified atom stereocenters. The number of fused-ring (bicyclic) bond motifs is 1. The van der Waals surface area contributed by atoms with E-state index in [9.17, 15) is 19.1 Å². The fourth-order valence-corrected chi connectivity index (χ4v) is 5.28. The van der Waals surface area contributed by atoms with Crippen molar-refractivity contribution in [3.05, 3.63) is 70.1 Å². The SMILES string of the molecule is COc1ccc(F)cc1C(CO)NC(=O)C(C)N1Cc2ccc(-c3nc(NC4CCOCC4)ncc3Cl)cc2C1=O. The van der Waals surface area contributed by atoms with Crippen LogP contribution in [0.1, 0.15) is 47.3 Å². The summed E-state index contributed by atoms with van der Waals surface area (Å²) in [5, 5.41) is 16.3. The summed E-state index contributed by atoms with van der Waals surface area (Å²) in [7, 11) is 1.42. The lowest BCUT2D eigenvalue weighted by Gasteiger charge is -2.26. The van der Waals surface area contributed by atoms with Crippen LogP contribution in [-0.2, 0) is 16.1 Å². The molecule has 1 fully saturated rings. The molecule has 2 amide bonds. The first-order valence-corrected chi connectivity index (χ1v) is 13.7. The standard InChI is InChI=1S/C29H31ClFN5O5/c1-16(27(38)34-24(15-37)22-12-19(31)5-6-25(22)40-2)36-14-18-4-3-17(11-21(18)28(36)39)26-23(30)13-32-29(35-26)33-20-7-9-41-10-8-20/h3-6,11-13,16,20,24,37H,7-10,14-15H2,1-2H3,(H,34,38)(H,32,33,35). The fraction of sp³-hybridized carbons (Fsp3) is 0.379. The number of anilines is 1. The number of hydrogen-bond donors (Lipinski definition) is 3. The maximum Gasteiger partial charge on any atom is 0.255 e. The highest BCUT2D eigenvalue weighted by Gasteiger charge is 2.35. The highest BCUT2D eigenvalue weighted by Crippen LogP contribution is 2.33. The van der Waals surface area contributed by atoms with Gasteiger partial charge in [0.1, 0.15) is 17.6 Å². The van der Waals surface area contributed by atoms with E-state index in [4.69, 9.17) is 21.1 Å². The Bertz CT molecular complexity index is 1450. The zero-order valence-electron chi connectivity index (χ0n) is 22.7. The van der Waals surface area contributed by atoms with Gasteiger partial charge in [0.25, 0.3) is 5.91 Å². The molecule has 2 aliphatic rings. The van der Waals surface area contributed by atoms with Gasteiger partial charge in [-0.1, -0.05) is 23.7 Å². The van der Waals surface area contributed by atoms with Crippen LogP contribution in [0.25, 0.3) is 11.3 Å². The lowest BCUT2D eigenvalue weighted by Crippen LogP contribution is -2.46. The minimum atomic E-state index is -0.925. The zero-order chi connectivity index (χ0) is 29.1. The molecule has 0 spiro atoms. The van der Waals surface area contributed by atoms with Gasteiger partial charge >= 0.3 is 0 Å². The van der Waals surface area contributed by atoms with E-state index in [2.05, 4.69) is 20.6 Å². The fourth-order valence-electron chi connectivity index (χ4n) is 5.08. The Morgan fingerprint density at radius 3 is 2.78 bits per heavy atom. The summed E-state index contributed by atoms with van der Waals surface area (Å²) in [6.45, 7) is 2.70. The third-order valence-electron chi connectivity index (χ3n) is 7.43. The lowest BCUT2D eigenvalue weighted by atomic mass is 10.0. The molecule has 1 saturated heterocycles. The molecule has 3 aromatic rings. The molecule has 3 heterocycles. The quantitative estimate of drug-likeness (QED) is 0.348. The van der Waals surface area contributed by atoms with Crippen LogP contribution >= 0.6 is 11.6 Å². The Kier molecular flexibility index (Phi) is 8.67. The van der Waals surface area contributed by atoms with Gasteiger partial charge in [-0.15, -0.1) is 0 Å². The monoisotopic (exact) mass is 583 g/mol. The molecule has 41 heavy (non-hydrogen) atoms. The average molecular weight is 584 g/mol. The normalized spacial score (nSPS) is 16.7. The van der Waals surface area contributed by atoms with Gasteiger partial charge in [0.2, 0.25) is 11.9 Å². The minimum Gasteiger partial charge on any atom is -0.496 e. The summed E-state index contributed by atoms with van der Waals surface area (Å²) in [4.78, 5) is 37.0. The van der Waals surface area contributed by atoms with Crippen molar-refractivity contribution in [1.82, 2.24) is 20.2 Å². The van der Waals surface area contributed by atoms with E-state index in [1.165, 1.54) is 36.4 Å². The number of rotatable bonds is 9. The molecule has 2 aliphatic heterocycles. The minimum absolute atomic E-state index is 0.202. The number of aliphatic hydroxyl groups excluding tert-OH is 1. The number of hydrogen-bond acceptors (Lipinski definition) is 8. The number of aliphatic hydroxyl groups is 1. The highest BCUT2D eigenvalue weighted by atomic mass is 35.5. The molecule has 0 radical (unpaired) electrons. The van der Waals surface area contributed by atoms with E-state index in [-0.39, 0.29) is 18.5 Å². The topological polar surface area (TPSA) is 126 Å². The number of aromatic nitrogens is 2. The molecule has 0 bridgehead atoms. The number of benzene rings is 2. The average Bonchev–Trinajstić information content (AvgIpc) is 3.32. The molecule has 2 atom stereocenters. The largest absolute Gasteiger partial charge is 0.496 e. The summed E-state index contributed by atoms with van der Waals surface area (Å²) >= 11 is 6.45. The summed E-state index contributed by atoms with van der Waals surface area (Å²) in [5.41, 5.74) is 2.64. The van der Waals surface area contributed by atoms with Crippen LogP contribution in [0, 0.1) is 5.82 Å². The summed E-state index contributed by atoms with van der Waals surface area (Å²) < 4.78 is 24.6. The van der Waals surface area contributed by atoms with Crippen molar-refractivity contribution in [3.63, 3.8) is 0 Å². The van der Waals surface area contributed by atoms with E-state index in [1.807, 2.05) is 12.1 Å². The first kappa shape index (κ1) is 28.7. The Labute approximate surface area is 241 Å². The molecular weight excluding hydrogens is 553 g/mol. The van der Waals surface area contributed by atoms with Gasteiger partial charge in [0.15, 0.2) is 0 Å². The highest BCUT2D eigenvalue weighted by molar-refractivity contribution is 6.33. The molecule has 5 rings (SSSR count). The second-order valence-electron chi connectivity index (χ2n) is 10.0. The lowest BCUT2D eigenvalue weighted by molar-refractivity contribution is -0.126. The van der Waals surface area contributed by atoms with Crippen LogP contribution in [-0.4, -0.2) is 70.8 Å². The molecule has 0 aliphatic carbocycles. The van der Waals surface area contributed by atoms with Gasteiger partial charge in [-0.25, -0.2) is 14.4 Å². The maximum absolute atomic E-state index is 13.9. The Morgan fingerprint density at radius 1 is 1.27 bits per heavy atom. The van der Waals surface area contributed by atoms with Crippen LogP contribution in [0.3, 0.4) is 0 Å². The Morgan fingerprint density at radius 2 is 2.05 bits per heavy atom. The van der Waals surface area contributed by atoms with E-state index >= 15 is 0 Å².